The number of hydrogen-bond acceptors (Lipinski definition) is 3. The lowest BCUT2D eigenvalue weighted by atomic mass is 9.98. The SMILES string of the molecule is CCCCC(c1ccc(OCc2ccccc2)cc1)N1CCCC1C(=O)O. The molecule has 0 amide bonds. The summed E-state index contributed by atoms with van der Waals surface area (Å²) in [5, 5.41) is 9.57. The van der Waals surface area contributed by atoms with Crippen LogP contribution in [-0.2, 0) is 11.4 Å². The van der Waals surface area contributed by atoms with Crippen molar-refractivity contribution in [1.29, 1.82) is 0 Å². The van der Waals surface area contributed by atoms with Crippen molar-refractivity contribution in [3.8, 4) is 5.75 Å². The maximum atomic E-state index is 11.6. The minimum atomic E-state index is -0.697. The van der Waals surface area contributed by atoms with Crippen LogP contribution in [0.2, 0.25) is 0 Å². The van der Waals surface area contributed by atoms with Crippen molar-refractivity contribution >= 4 is 5.97 Å². The van der Waals surface area contributed by atoms with Gasteiger partial charge >= 0.3 is 5.97 Å². The van der Waals surface area contributed by atoms with Crippen molar-refractivity contribution in [3.05, 3.63) is 65.7 Å². The summed E-state index contributed by atoms with van der Waals surface area (Å²) in [5.74, 6) is 0.143. The predicted molar refractivity (Wildman–Crippen MR) is 107 cm³/mol. The average Bonchev–Trinajstić information content (AvgIpc) is 3.18. The Morgan fingerprint density at radius 1 is 1.19 bits per heavy atom. The molecule has 1 saturated heterocycles. The van der Waals surface area contributed by atoms with Crippen LogP contribution in [0.15, 0.2) is 54.6 Å². The molecule has 0 saturated carbocycles. The number of aliphatic carboxylic acids is 1. The van der Waals surface area contributed by atoms with E-state index in [0.29, 0.717) is 6.61 Å². The Morgan fingerprint density at radius 2 is 1.93 bits per heavy atom. The largest absolute Gasteiger partial charge is 0.489 e. The fraction of sp³-hybridized carbons (Fsp3) is 0.435. The van der Waals surface area contributed by atoms with Crippen molar-refractivity contribution in [3.63, 3.8) is 0 Å². The molecule has 4 heteroatoms. The molecular weight excluding hydrogens is 338 g/mol. The van der Waals surface area contributed by atoms with E-state index in [1.165, 1.54) is 5.56 Å². The van der Waals surface area contributed by atoms with Crippen LogP contribution >= 0.6 is 0 Å². The van der Waals surface area contributed by atoms with E-state index in [9.17, 15) is 9.90 Å². The molecule has 1 heterocycles. The minimum absolute atomic E-state index is 0.164. The number of unbranched alkanes of at least 4 members (excludes halogenated alkanes) is 1. The van der Waals surface area contributed by atoms with Crippen LogP contribution in [0.25, 0.3) is 0 Å². The monoisotopic (exact) mass is 367 g/mol. The zero-order valence-electron chi connectivity index (χ0n) is 16.0. The number of nitrogens with zero attached hydrogens (tertiary/aromatic N) is 1. The van der Waals surface area contributed by atoms with E-state index >= 15 is 0 Å². The van der Waals surface area contributed by atoms with Gasteiger partial charge in [-0.15, -0.1) is 0 Å². The van der Waals surface area contributed by atoms with Crippen LogP contribution in [0.1, 0.15) is 56.2 Å². The number of benzene rings is 2. The van der Waals surface area contributed by atoms with Gasteiger partial charge in [0.25, 0.3) is 0 Å². The first-order valence-electron chi connectivity index (χ1n) is 9.94. The number of carbonyl (C=O) groups is 1. The first-order valence-corrected chi connectivity index (χ1v) is 9.94. The van der Waals surface area contributed by atoms with E-state index in [-0.39, 0.29) is 12.1 Å². The van der Waals surface area contributed by atoms with Crippen LogP contribution in [0.5, 0.6) is 5.75 Å². The predicted octanol–water partition coefficient (Wildman–Crippen LogP) is 5.05. The Balaban J connectivity index is 1.70. The van der Waals surface area contributed by atoms with Gasteiger partial charge in [0.2, 0.25) is 0 Å². The lowest BCUT2D eigenvalue weighted by Crippen LogP contribution is -2.38. The third-order valence-corrected chi connectivity index (χ3v) is 5.32. The van der Waals surface area contributed by atoms with Gasteiger partial charge in [0.1, 0.15) is 18.4 Å². The summed E-state index contributed by atoms with van der Waals surface area (Å²) in [5.41, 5.74) is 2.33. The van der Waals surface area contributed by atoms with Crippen molar-refractivity contribution in [2.24, 2.45) is 0 Å². The number of rotatable bonds is 9. The molecule has 0 aliphatic carbocycles. The first-order chi connectivity index (χ1) is 13.2. The molecule has 27 heavy (non-hydrogen) atoms. The van der Waals surface area contributed by atoms with Gasteiger partial charge in [-0.2, -0.15) is 0 Å². The van der Waals surface area contributed by atoms with Crippen molar-refractivity contribution in [2.75, 3.05) is 6.54 Å². The van der Waals surface area contributed by atoms with E-state index in [1.54, 1.807) is 0 Å². The highest BCUT2D eigenvalue weighted by Crippen LogP contribution is 2.34. The Morgan fingerprint density at radius 3 is 2.59 bits per heavy atom. The van der Waals surface area contributed by atoms with Gasteiger partial charge in [-0.25, -0.2) is 0 Å². The second kappa shape index (κ2) is 9.56. The second-order valence-electron chi connectivity index (χ2n) is 7.24. The number of ether oxygens (including phenoxy) is 1. The summed E-state index contributed by atoms with van der Waals surface area (Å²) in [7, 11) is 0. The topological polar surface area (TPSA) is 49.8 Å². The van der Waals surface area contributed by atoms with Gasteiger partial charge in [0.15, 0.2) is 0 Å². The third-order valence-electron chi connectivity index (χ3n) is 5.32. The van der Waals surface area contributed by atoms with E-state index < -0.39 is 5.97 Å². The molecule has 1 fully saturated rings. The molecule has 2 unspecified atom stereocenters. The summed E-state index contributed by atoms with van der Waals surface area (Å²) in [6, 6.07) is 18.1. The van der Waals surface area contributed by atoms with Gasteiger partial charge in [-0.3, -0.25) is 9.69 Å². The van der Waals surface area contributed by atoms with Gasteiger partial charge in [-0.1, -0.05) is 62.2 Å². The summed E-state index contributed by atoms with van der Waals surface area (Å²) < 4.78 is 5.89. The van der Waals surface area contributed by atoms with Gasteiger partial charge < -0.3 is 9.84 Å². The fourth-order valence-electron chi connectivity index (χ4n) is 3.88. The van der Waals surface area contributed by atoms with Crippen LogP contribution in [0, 0.1) is 0 Å². The molecule has 0 aromatic heterocycles. The Labute approximate surface area is 161 Å². The molecule has 4 nitrogen and oxygen atoms in total. The first kappa shape index (κ1) is 19.4. The summed E-state index contributed by atoms with van der Waals surface area (Å²) >= 11 is 0. The molecule has 2 atom stereocenters. The maximum absolute atomic E-state index is 11.6. The zero-order chi connectivity index (χ0) is 19.1. The normalized spacial score (nSPS) is 18.3. The van der Waals surface area contributed by atoms with E-state index in [1.807, 2.05) is 30.3 Å². The summed E-state index contributed by atoms with van der Waals surface area (Å²) in [4.78, 5) is 13.8. The molecule has 0 radical (unpaired) electrons. The van der Waals surface area contributed by atoms with Crippen LogP contribution in [-0.4, -0.2) is 28.6 Å². The molecule has 1 aliphatic rings. The number of hydrogen-bond donors (Lipinski definition) is 1. The Kier molecular flexibility index (Phi) is 6.88. The molecule has 1 N–H and O–H groups in total. The zero-order valence-corrected chi connectivity index (χ0v) is 16.0. The lowest BCUT2D eigenvalue weighted by molar-refractivity contribution is -0.143. The summed E-state index contributed by atoms with van der Waals surface area (Å²) in [6.45, 7) is 3.58. The molecule has 1 aliphatic heterocycles. The minimum Gasteiger partial charge on any atom is -0.489 e. The second-order valence-corrected chi connectivity index (χ2v) is 7.24. The van der Waals surface area contributed by atoms with E-state index in [0.717, 1.165) is 50.0 Å². The van der Waals surface area contributed by atoms with Crippen LogP contribution < -0.4 is 4.74 Å². The highest BCUT2D eigenvalue weighted by atomic mass is 16.5. The summed E-state index contributed by atoms with van der Waals surface area (Å²) in [6.07, 6.45) is 4.90. The standard InChI is InChI=1S/C23H29NO3/c1-2-3-10-21(24-16-7-11-22(24)23(25)26)19-12-14-20(15-13-19)27-17-18-8-5-4-6-9-18/h4-6,8-9,12-15,21-22H,2-3,7,10-11,16-17H2,1H3,(H,25,26). The van der Waals surface area contributed by atoms with Gasteiger partial charge in [0.05, 0.1) is 0 Å². The molecule has 2 aromatic rings. The third kappa shape index (κ3) is 5.10. The van der Waals surface area contributed by atoms with Crippen molar-refractivity contribution in [1.82, 2.24) is 4.90 Å². The molecule has 0 spiro atoms. The fourth-order valence-corrected chi connectivity index (χ4v) is 3.88. The highest BCUT2D eigenvalue weighted by molar-refractivity contribution is 5.73. The number of carboxylic acids is 1. The smallest absolute Gasteiger partial charge is 0.320 e. The molecule has 2 aromatic carbocycles. The molecular formula is C23H29NO3. The van der Waals surface area contributed by atoms with Gasteiger partial charge in [0, 0.05) is 6.04 Å². The maximum Gasteiger partial charge on any atom is 0.320 e. The quantitative estimate of drug-likeness (QED) is 0.674. The van der Waals surface area contributed by atoms with Crippen molar-refractivity contribution in [2.45, 2.75) is 57.7 Å². The Hall–Kier alpha value is -2.33. The Bertz CT molecular complexity index is 714. The molecule has 0 bridgehead atoms. The van der Waals surface area contributed by atoms with Gasteiger partial charge in [-0.05, 0) is 49.1 Å². The number of carboxylic acid groups (broad SMARTS) is 1. The van der Waals surface area contributed by atoms with Crippen molar-refractivity contribution < 1.29 is 14.6 Å². The van der Waals surface area contributed by atoms with E-state index in [2.05, 4.69) is 36.1 Å². The number of likely N-dealkylation sites (tertiary alicyclic amines) is 1. The van der Waals surface area contributed by atoms with E-state index in [4.69, 9.17) is 4.74 Å². The van der Waals surface area contributed by atoms with Crippen LogP contribution in [0.3, 0.4) is 0 Å². The molecule has 144 valence electrons. The van der Waals surface area contributed by atoms with Crippen LogP contribution in [0.4, 0.5) is 0 Å². The lowest BCUT2D eigenvalue weighted by Gasteiger charge is -2.31. The average molecular weight is 367 g/mol. The highest BCUT2D eigenvalue weighted by Gasteiger charge is 2.35. The molecule has 3 rings (SSSR count).